The van der Waals surface area contributed by atoms with Gasteiger partial charge in [-0.25, -0.2) is 0 Å². The minimum Gasteiger partial charge on any atom is -0.356 e. The van der Waals surface area contributed by atoms with Crippen LogP contribution in [0.4, 0.5) is 0 Å². The van der Waals surface area contributed by atoms with E-state index in [4.69, 9.17) is 0 Å². The van der Waals surface area contributed by atoms with Crippen LogP contribution in [0.3, 0.4) is 0 Å². The summed E-state index contributed by atoms with van der Waals surface area (Å²) in [4.78, 5) is 6.81. The van der Waals surface area contributed by atoms with Crippen LogP contribution in [0.2, 0.25) is 0 Å². The molecule has 0 saturated carbocycles. The monoisotopic (exact) mass is 344 g/mol. The number of likely N-dealkylation sites (tertiary alicyclic amines) is 1. The molecule has 1 unspecified atom stereocenters. The first-order chi connectivity index (χ1) is 10.9. The second-order valence-electron chi connectivity index (χ2n) is 7.20. The Kier molecular flexibility index (Phi) is 9.79. The van der Waals surface area contributed by atoms with E-state index in [0.717, 1.165) is 25.5 Å². The van der Waals surface area contributed by atoms with Gasteiger partial charge in [-0.3, -0.25) is 9.20 Å². The summed E-state index contributed by atoms with van der Waals surface area (Å²) in [6.07, 6.45) is 6.61. The molecular weight excluding hydrogens is 308 g/mol. The van der Waals surface area contributed by atoms with E-state index in [9.17, 15) is 4.21 Å². The Morgan fingerprint density at radius 1 is 1.09 bits per heavy atom. The highest BCUT2D eigenvalue weighted by atomic mass is 32.2. The van der Waals surface area contributed by atoms with Gasteiger partial charge in [0.25, 0.3) is 0 Å². The zero-order valence-electron chi connectivity index (χ0n) is 15.5. The number of rotatable bonds is 7. The first-order valence-corrected chi connectivity index (χ1v) is 10.3. The van der Waals surface area contributed by atoms with Gasteiger partial charge in [0.05, 0.1) is 0 Å². The molecule has 1 atom stereocenters. The van der Waals surface area contributed by atoms with Crippen LogP contribution in [0.1, 0.15) is 52.9 Å². The van der Waals surface area contributed by atoms with Crippen molar-refractivity contribution in [3.63, 3.8) is 0 Å². The molecular formula is C17H36N4OS. The maximum absolute atomic E-state index is 12.0. The van der Waals surface area contributed by atoms with Crippen molar-refractivity contribution < 1.29 is 4.21 Å². The van der Waals surface area contributed by atoms with Crippen LogP contribution < -0.4 is 10.6 Å². The first kappa shape index (κ1) is 20.4. The van der Waals surface area contributed by atoms with E-state index in [0.29, 0.717) is 12.3 Å². The van der Waals surface area contributed by atoms with E-state index in [2.05, 4.69) is 20.5 Å². The lowest BCUT2D eigenvalue weighted by molar-refractivity contribution is 0.282. The average Bonchev–Trinajstić information content (AvgIpc) is 2.77. The first-order valence-electron chi connectivity index (χ1n) is 8.99. The van der Waals surface area contributed by atoms with Gasteiger partial charge >= 0.3 is 0 Å². The third kappa shape index (κ3) is 9.30. The lowest BCUT2D eigenvalue weighted by atomic mass is 10.2. The van der Waals surface area contributed by atoms with Gasteiger partial charge < -0.3 is 15.5 Å². The normalized spacial score (nSPS) is 19.2. The van der Waals surface area contributed by atoms with Gasteiger partial charge in [0, 0.05) is 41.4 Å². The van der Waals surface area contributed by atoms with E-state index >= 15 is 0 Å². The molecule has 1 rings (SSSR count). The summed E-state index contributed by atoms with van der Waals surface area (Å²) in [6.45, 7) is 11.3. The average molecular weight is 345 g/mol. The van der Waals surface area contributed by atoms with E-state index in [1.54, 1.807) is 7.05 Å². The molecule has 0 bridgehead atoms. The third-order valence-corrected chi connectivity index (χ3v) is 6.07. The Morgan fingerprint density at radius 2 is 1.70 bits per heavy atom. The predicted molar refractivity (Wildman–Crippen MR) is 102 cm³/mol. The summed E-state index contributed by atoms with van der Waals surface area (Å²) in [5.41, 5.74) is 0. The smallest absolute Gasteiger partial charge is 0.191 e. The Bertz CT molecular complexity index is 371. The second-order valence-corrected chi connectivity index (χ2v) is 9.52. The van der Waals surface area contributed by atoms with Gasteiger partial charge in [-0.1, -0.05) is 12.8 Å². The fraction of sp³-hybridized carbons (Fsp3) is 0.941. The maximum Gasteiger partial charge on any atom is 0.191 e. The third-order valence-electron chi connectivity index (χ3n) is 4.13. The molecule has 5 nitrogen and oxygen atoms in total. The molecule has 0 spiro atoms. The Morgan fingerprint density at radius 3 is 2.26 bits per heavy atom. The fourth-order valence-corrected chi connectivity index (χ4v) is 3.56. The summed E-state index contributed by atoms with van der Waals surface area (Å²) < 4.78 is 11.9. The van der Waals surface area contributed by atoms with E-state index < -0.39 is 10.8 Å². The molecule has 1 heterocycles. The van der Waals surface area contributed by atoms with Crippen LogP contribution in [-0.2, 0) is 10.8 Å². The molecule has 6 heteroatoms. The van der Waals surface area contributed by atoms with Crippen molar-refractivity contribution in [1.29, 1.82) is 0 Å². The number of guanidine groups is 1. The molecule has 1 aliphatic rings. The van der Waals surface area contributed by atoms with E-state index in [1.165, 1.54) is 38.8 Å². The van der Waals surface area contributed by atoms with Crippen molar-refractivity contribution in [2.24, 2.45) is 4.99 Å². The molecule has 0 aromatic rings. The number of hydrogen-bond donors (Lipinski definition) is 2. The largest absolute Gasteiger partial charge is 0.356 e. The highest BCUT2D eigenvalue weighted by Crippen LogP contribution is 2.10. The van der Waals surface area contributed by atoms with Gasteiger partial charge in [0.15, 0.2) is 5.96 Å². The Hall–Kier alpha value is -0.620. The lowest BCUT2D eigenvalue weighted by Crippen LogP contribution is -2.41. The topological polar surface area (TPSA) is 56.7 Å². The van der Waals surface area contributed by atoms with Crippen LogP contribution in [-0.4, -0.2) is 65.3 Å². The lowest BCUT2D eigenvalue weighted by Gasteiger charge is -2.20. The van der Waals surface area contributed by atoms with E-state index in [-0.39, 0.29) is 4.75 Å². The zero-order chi connectivity index (χ0) is 17.1. The molecule has 0 amide bonds. The number of hydrogen-bond acceptors (Lipinski definition) is 3. The number of aliphatic imine (C=N–C) groups is 1. The van der Waals surface area contributed by atoms with Gasteiger partial charge in [-0.15, -0.1) is 0 Å². The summed E-state index contributed by atoms with van der Waals surface area (Å²) in [5.74, 6) is 1.46. The van der Waals surface area contributed by atoms with Crippen LogP contribution in [0.25, 0.3) is 0 Å². The summed E-state index contributed by atoms with van der Waals surface area (Å²) in [6, 6.07) is 0. The van der Waals surface area contributed by atoms with Crippen LogP contribution in [0, 0.1) is 0 Å². The van der Waals surface area contributed by atoms with E-state index in [1.807, 2.05) is 20.8 Å². The zero-order valence-corrected chi connectivity index (χ0v) is 16.3. The second kappa shape index (κ2) is 11.0. The maximum atomic E-state index is 12.0. The molecule has 0 aromatic carbocycles. The summed E-state index contributed by atoms with van der Waals surface area (Å²) >= 11 is 0. The standard InChI is InChI=1S/C17H36N4OS/c1-17(2,3)23(22)15-11-20-16(18-4)19-10-9-14-21-12-7-5-6-8-13-21/h5-15H2,1-4H3,(H2,18,19,20). The van der Waals surface area contributed by atoms with Crippen LogP contribution in [0.15, 0.2) is 4.99 Å². The summed E-state index contributed by atoms with van der Waals surface area (Å²) in [7, 11) is 0.963. The molecule has 1 aliphatic heterocycles. The molecule has 2 N–H and O–H groups in total. The van der Waals surface area contributed by atoms with Crippen molar-refractivity contribution in [2.75, 3.05) is 45.5 Å². The van der Waals surface area contributed by atoms with Crippen molar-refractivity contribution >= 4 is 16.8 Å². The van der Waals surface area contributed by atoms with Gasteiger partial charge in [-0.05, 0) is 59.7 Å². The van der Waals surface area contributed by atoms with Gasteiger partial charge in [0.1, 0.15) is 0 Å². The minimum absolute atomic E-state index is 0.147. The molecule has 136 valence electrons. The molecule has 0 aromatic heterocycles. The molecule has 1 fully saturated rings. The van der Waals surface area contributed by atoms with Crippen molar-refractivity contribution in [1.82, 2.24) is 15.5 Å². The van der Waals surface area contributed by atoms with Crippen molar-refractivity contribution in [3.8, 4) is 0 Å². The van der Waals surface area contributed by atoms with Crippen molar-refractivity contribution in [2.45, 2.75) is 57.6 Å². The number of nitrogens with one attached hydrogen (secondary N) is 2. The molecule has 1 saturated heterocycles. The van der Waals surface area contributed by atoms with Gasteiger partial charge in [0.2, 0.25) is 0 Å². The quantitative estimate of drug-likeness (QED) is 0.421. The molecule has 0 aliphatic carbocycles. The fourth-order valence-electron chi connectivity index (χ4n) is 2.66. The highest BCUT2D eigenvalue weighted by molar-refractivity contribution is 7.86. The molecule has 23 heavy (non-hydrogen) atoms. The summed E-state index contributed by atoms with van der Waals surface area (Å²) in [5, 5.41) is 6.60. The van der Waals surface area contributed by atoms with Crippen LogP contribution in [0.5, 0.6) is 0 Å². The number of nitrogens with zero attached hydrogens (tertiary/aromatic N) is 2. The Labute approximate surface area is 145 Å². The SMILES string of the molecule is CN=C(NCCCN1CCCCCC1)NCCS(=O)C(C)(C)C. The Balaban J connectivity index is 2.13. The van der Waals surface area contributed by atoms with Crippen LogP contribution >= 0.6 is 0 Å². The minimum atomic E-state index is -0.820. The van der Waals surface area contributed by atoms with Gasteiger partial charge in [-0.2, -0.15) is 0 Å². The van der Waals surface area contributed by atoms with Crippen molar-refractivity contribution in [3.05, 3.63) is 0 Å². The predicted octanol–water partition coefficient (Wildman–Crippen LogP) is 1.96. The highest BCUT2D eigenvalue weighted by Gasteiger charge is 2.18. The molecule has 0 radical (unpaired) electrons.